The van der Waals surface area contributed by atoms with Crippen molar-refractivity contribution in [2.24, 2.45) is 7.05 Å². The SMILES string of the molecule is Cc1cccc(C(O)c2c(Br)cnn2C)c1I. The molecule has 0 spiro atoms. The molecular weight excluding hydrogens is 395 g/mol. The number of aliphatic hydroxyl groups excluding tert-OH is 1. The Balaban J connectivity index is 2.51. The zero-order valence-electron chi connectivity index (χ0n) is 9.48. The molecule has 1 N–H and O–H groups in total. The molecule has 1 aromatic heterocycles. The summed E-state index contributed by atoms with van der Waals surface area (Å²) < 4.78 is 3.60. The molecule has 0 bridgehead atoms. The molecular formula is C12H12BrIN2O. The highest BCUT2D eigenvalue weighted by molar-refractivity contribution is 14.1. The fourth-order valence-electron chi connectivity index (χ4n) is 1.76. The first-order valence-corrected chi connectivity index (χ1v) is 7.00. The Hall–Kier alpha value is -0.400. The molecule has 1 heterocycles. The minimum Gasteiger partial charge on any atom is -0.382 e. The van der Waals surface area contributed by atoms with E-state index < -0.39 is 6.10 Å². The van der Waals surface area contributed by atoms with Crippen molar-refractivity contribution in [2.45, 2.75) is 13.0 Å². The maximum absolute atomic E-state index is 10.5. The summed E-state index contributed by atoms with van der Waals surface area (Å²) in [6.45, 7) is 2.04. The van der Waals surface area contributed by atoms with E-state index in [1.165, 1.54) is 5.56 Å². The van der Waals surface area contributed by atoms with E-state index in [4.69, 9.17) is 0 Å². The number of hydrogen-bond donors (Lipinski definition) is 1. The number of halogens is 2. The van der Waals surface area contributed by atoms with Gasteiger partial charge in [0, 0.05) is 16.2 Å². The van der Waals surface area contributed by atoms with E-state index in [2.05, 4.69) is 43.6 Å². The quantitative estimate of drug-likeness (QED) is 0.778. The van der Waals surface area contributed by atoms with Crippen LogP contribution in [0.1, 0.15) is 22.9 Å². The maximum atomic E-state index is 10.5. The lowest BCUT2D eigenvalue weighted by Crippen LogP contribution is -2.09. The highest BCUT2D eigenvalue weighted by atomic mass is 127. The molecule has 3 nitrogen and oxygen atoms in total. The number of nitrogens with zero attached hydrogens (tertiary/aromatic N) is 2. The van der Waals surface area contributed by atoms with Crippen molar-refractivity contribution >= 4 is 38.5 Å². The second kappa shape index (κ2) is 5.07. The topological polar surface area (TPSA) is 38.1 Å². The summed E-state index contributed by atoms with van der Waals surface area (Å²) in [4.78, 5) is 0. The van der Waals surface area contributed by atoms with Crippen molar-refractivity contribution < 1.29 is 5.11 Å². The normalized spacial score (nSPS) is 12.8. The molecule has 90 valence electrons. The fourth-order valence-corrected chi connectivity index (χ4v) is 2.98. The van der Waals surface area contributed by atoms with Gasteiger partial charge in [-0.25, -0.2) is 0 Å². The number of aliphatic hydroxyl groups is 1. The van der Waals surface area contributed by atoms with E-state index in [0.29, 0.717) is 0 Å². The first kappa shape index (κ1) is 13.0. The van der Waals surface area contributed by atoms with Crippen LogP contribution in [0, 0.1) is 10.5 Å². The third kappa shape index (κ3) is 2.41. The molecule has 0 radical (unpaired) electrons. The van der Waals surface area contributed by atoms with E-state index in [1.54, 1.807) is 10.9 Å². The monoisotopic (exact) mass is 406 g/mol. The summed E-state index contributed by atoms with van der Waals surface area (Å²) in [5, 5.41) is 14.6. The summed E-state index contributed by atoms with van der Waals surface area (Å²) in [5.41, 5.74) is 2.85. The minimum absolute atomic E-state index is 0.663. The van der Waals surface area contributed by atoms with Crippen molar-refractivity contribution in [3.63, 3.8) is 0 Å². The molecule has 17 heavy (non-hydrogen) atoms. The van der Waals surface area contributed by atoms with Gasteiger partial charge < -0.3 is 5.11 Å². The van der Waals surface area contributed by atoms with Gasteiger partial charge in [-0.3, -0.25) is 4.68 Å². The lowest BCUT2D eigenvalue weighted by Gasteiger charge is -2.15. The zero-order chi connectivity index (χ0) is 12.6. The first-order chi connectivity index (χ1) is 8.02. The van der Waals surface area contributed by atoms with Crippen LogP contribution in [0.25, 0.3) is 0 Å². The predicted molar refractivity (Wildman–Crippen MR) is 78.9 cm³/mol. The van der Waals surface area contributed by atoms with Crippen molar-refractivity contribution in [2.75, 3.05) is 0 Å². The van der Waals surface area contributed by atoms with Crippen molar-refractivity contribution in [1.82, 2.24) is 9.78 Å². The second-order valence-electron chi connectivity index (χ2n) is 3.88. The molecule has 0 saturated heterocycles. The Kier molecular flexibility index (Phi) is 3.89. The molecule has 0 aliphatic carbocycles. The fraction of sp³-hybridized carbons (Fsp3) is 0.250. The Labute approximate surface area is 122 Å². The third-order valence-corrected chi connectivity index (χ3v) is 4.80. The lowest BCUT2D eigenvalue weighted by atomic mass is 10.0. The van der Waals surface area contributed by atoms with Crippen LogP contribution in [0.4, 0.5) is 0 Å². The van der Waals surface area contributed by atoms with Crippen LogP contribution in [-0.4, -0.2) is 14.9 Å². The molecule has 0 amide bonds. The van der Waals surface area contributed by atoms with Gasteiger partial charge in [0.1, 0.15) is 6.10 Å². The van der Waals surface area contributed by atoms with Crippen LogP contribution in [0.3, 0.4) is 0 Å². The average Bonchev–Trinajstić information content (AvgIpc) is 2.62. The summed E-state index contributed by atoms with van der Waals surface area (Å²) in [5.74, 6) is 0. The third-order valence-electron chi connectivity index (χ3n) is 2.71. The van der Waals surface area contributed by atoms with Crippen LogP contribution < -0.4 is 0 Å². The number of aryl methyl sites for hydroxylation is 2. The van der Waals surface area contributed by atoms with Gasteiger partial charge in [-0.15, -0.1) is 0 Å². The molecule has 5 heteroatoms. The van der Waals surface area contributed by atoms with E-state index in [1.807, 2.05) is 32.2 Å². The molecule has 1 atom stereocenters. The smallest absolute Gasteiger partial charge is 0.123 e. The number of aromatic nitrogens is 2. The van der Waals surface area contributed by atoms with Crippen molar-refractivity contribution in [1.29, 1.82) is 0 Å². The van der Waals surface area contributed by atoms with Crippen LogP contribution >= 0.6 is 38.5 Å². The number of benzene rings is 1. The molecule has 0 aliphatic heterocycles. The highest BCUT2D eigenvalue weighted by Gasteiger charge is 2.20. The van der Waals surface area contributed by atoms with Crippen LogP contribution in [-0.2, 0) is 7.05 Å². The number of rotatable bonds is 2. The van der Waals surface area contributed by atoms with Gasteiger partial charge in [-0.2, -0.15) is 5.10 Å². The average molecular weight is 407 g/mol. The minimum atomic E-state index is -0.663. The molecule has 1 aromatic carbocycles. The van der Waals surface area contributed by atoms with Crippen LogP contribution in [0.2, 0.25) is 0 Å². The number of hydrogen-bond acceptors (Lipinski definition) is 2. The van der Waals surface area contributed by atoms with Crippen molar-refractivity contribution in [3.8, 4) is 0 Å². The van der Waals surface area contributed by atoms with E-state index in [-0.39, 0.29) is 0 Å². The van der Waals surface area contributed by atoms with Crippen molar-refractivity contribution in [3.05, 3.63) is 49.3 Å². The molecule has 2 rings (SSSR count). The Morgan fingerprint density at radius 3 is 2.76 bits per heavy atom. The van der Waals surface area contributed by atoms with Gasteiger partial charge in [-0.1, -0.05) is 18.2 Å². The lowest BCUT2D eigenvalue weighted by molar-refractivity contribution is 0.208. The first-order valence-electron chi connectivity index (χ1n) is 5.13. The Morgan fingerprint density at radius 2 is 2.18 bits per heavy atom. The molecule has 0 aliphatic rings. The standard InChI is InChI=1S/C12H12BrIN2O/c1-7-4-3-5-8(10(7)14)12(17)11-9(13)6-15-16(11)2/h3-6,12,17H,1-2H3. The Bertz CT molecular complexity index is 534. The Morgan fingerprint density at radius 1 is 1.47 bits per heavy atom. The molecule has 0 saturated carbocycles. The van der Waals surface area contributed by atoms with E-state index in [9.17, 15) is 5.11 Å². The summed E-state index contributed by atoms with van der Waals surface area (Å²) >= 11 is 5.68. The van der Waals surface area contributed by atoms with Gasteiger partial charge in [0.25, 0.3) is 0 Å². The van der Waals surface area contributed by atoms with E-state index in [0.717, 1.165) is 19.3 Å². The van der Waals surface area contributed by atoms with Crippen LogP contribution in [0.5, 0.6) is 0 Å². The molecule has 1 unspecified atom stereocenters. The van der Waals surface area contributed by atoms with Gasteiger partial charge in [-0.05, 0) is 51.0 Å². The summed E-state index contributed by atoms with van der Waals surface area (Å²) in [7, 11) is 1.83. The van der Waals surface area contributed by atoms with Gasteiger partial charge in [0.05, 0.1) is 16.4 Å². The highest BCUT2D eigenvalue weighted by Crippen LogP contribution is 2.31. The summed E-state index contributed by atoms with van der Waals surface area (Å²) in [6, 6.07) is 5.94. The van der Waals surface area contributed by atoms with Gasteiger partial charge in [0.2, 0.25) is 0 Å². The van der Waals surface area contributed by atoms with Gasteiger partial charge in [0.15, 0.2) is 0 Å². The molecule has 2 aromatic rings. The summed E-state index contributed by atoms with van der Waals surface area (Å²) in [6.07, 6.45) is 1.03. The molecule has 0 fully saturated rings. The predicted octanol–water partition coefficient (Wildman–Crippen LogP) is 3.18. The van der Waals surface area contributed by atoms with Crippen LogP contribution in [0.15, 0.2) is 28.9 Å². The van der Waals surface area contributed by atoms with Gasteiger partial charge >= 0.3 is 0 Å². The maximum Gasteiger partial charge on any atom is 0.123 e. The van der Waals surface area contributed by atoms with E-state index >= 15 is 0 Å². The zero-order valence-corrected chi connectivity index (χ0v) is 13.2. The second-order valence-corrected chi connectivity index (χ2v) is 5.82. The largest absolute Gasteiger partial charge is 0.382 e.